The molecule has 0 aliphatic rings. The van der Waals surface area contributed by atoms with Crippen LogP contribution in [-0.4, -0.2) is 35.7 Å². The van der Waals surface area contributed by atoms with Crippen LogP contribution in [0.1, 0.15) is 6.92 Å². The number of ether oxygens (including phenoxy) is 1. The zero-order valence-electron chi connectivity index (χ0n) is 10.0. The van der Waals surface area contributed by atoms with Gasteiger partial charge in [-0.25, -0.2) is 5.84 Å². The minimum atomic E-state index is -0.128. The van der Waals surface area contributed by atoms with E-state index in [0.29, 0.717) is 12.5 Å². The molecule has 1 unspecified atom stereocenters. The van der Waals surface area contributed by atoms with Crippen LogP contribution >= 0.6 is 0 Å². The van der Waals surface area contributed by atoms with Gasteiger partial charge in [0.05, 0.1) is 19.1 Å². The van der Waals surface area contributed by atoms with Gasteiger partial charge in [-0.2, -0.15) is 20.2 Å². The van der Waals surface area contributed by atoms with E-state index in [1.165, 1.54) is 7.11 Å². The second kappa shape index (κ2) is 5.81. The van der Waals surface area contributed by atoms with E-state index in [0.717, 1.165) is 0 Å². The molecule has 8 nitrogen and oxygen atoms in total. The van der Waals surface area contributed by atoms with E-state index in [-0.39, 0.29) is 17.9 Å². The largest absolute Gasteiger partial charge is 0.467 e. The molecule has 17 heavy (non-hydrogen) atoms. The van der Waals surface area contributed by atoms with Crippen LogP contribution in [0.25, 0.3) is 0 Å². The Balaban J connectivity index is 2.92. The number of nitrogens with two attached hydrogens (primary N) is 1. The monoisotopic (exact) mass is 237 g/mol. The van der Waals surface area contributed by atoms with Gasteiger partial charge in [0.1, 0.15) is 0 Å². The first-order chi connectivity index (χ1) is 8.10. The highest BCUT2D eigenvalue weighted by Gasteiger charge is 2.12. The summed E-state index contributed by atoms with van der Waals surface area (Å²) >= 11 is 0. The average molecular weight is 237 g/mol. The van der Waals surface area contributed by atoms with Gasteiger partial charge < -0.3 is 9.64 Å². The van der Waals surface area contributed by atoms with Crippen molar-refractivity contribution >= 4 is 11.9 Å². The van der Waals surface area contributed by atoms with Crippen molar-refractivity contribution in [2.75, 3.05) is 31.0 Å². The number of hydrazine groups is 1. The Kier molecular flexibility index (Phi) is 4.42. The quantitative estimate of drug-likeness (QED) is 0.533. The lowest BCUT2D eigenvalue weighted by Gasteiger charge is -2.18. The molecule has 1 heterocycles. The van der Waals surface area contributed by atoms with Crippen molar-refractivity contribution in [3.05, 3.63) is 0 Å². The lowest BCUT2D eigenvalue weighted by atomic mass is 10.2. The molecule has 1 atom stereocenters. The molecule has 3 N–H and O–H groups in total. The highest BCUT2D eigenvalue weighted by molar-refractivity contribution is 5.37. The summed E-state index contributed by atoms with van der Waals surface area (Å²) in [6.45, 7) is 2.32. The van der Waals surface area contributed by atoms with Crippen molar-refractivity contribution in [1.82, 2.24) is 15.0 Å². The van der Waals surface area contributed by atoms with E-state index < -0.39 is 0 Å². The molecule has 1 rings (SSSR count). The van der Waals surface area contributed by atoms with Gasteiger partial charge >= 0.3 is 6.01 Å². The van der Waals surface area contributed by atoms with Crippen molar-refractivity contribution in [2.45, 2.75) is 6.92 Å². The zero-order valence-corrected chi connectivity index (χ0v) is 10.0. The first-order valence-corrected chi connectivity index (χ1v) is 4.98. The van der Waals surface area contributed by atoms with Gasteiger partial charge in [-0.1, -0.05) is 0 Å². The third-order valence-corrected chi connectivity index (χ3v) is 2.02. The summed E-state index contributed by atoms with van der Waals surface area (Å²) in [5.41, 5.74) is 2.33. The van der Waals surface area contributed by atoms with Crippen LogP contribution in [0, 0.1) is 17.2 Å². The molecular formula is C9H15N7O. The minimum Gasteiger partial charge on any atom is -0.467 e. The Morgan fingerprint density at radius 3 is 2.76 bits per heavy atom. The molecule has 0 aliphatic heterocycles. The van der Waals surface area contributed by atoms with Crippen LogP contribution in [0.4, 0.5) is 11.9 Å². The highest BCUT2D eigenvalue weighted by Crippen LogP contribution is 2.13. The van der Waals surface area contributed by atoms with Crippen molar-refractivity contribution in [3.63, 3.8) is 0 Å². The third-order valence-electron chi connectivity index (χ3n) is 2.02. The minimum absolute atomic E-state index is 0.128. The first-order valence-electron chi connectivity index (χ1n) is 4.98. The molecule has 0 spiro atoms. The molecular weight excluding hydrogens is 222 g/mol. The number of nitrogen functional groups attached to an aromatic ring is 1. The summed E-state index contributed by atoms with van der Waals surface area (Å²) in [6.07, 6.45) is 0. The number of nitrogens with zero attached hydrogens (tertiary/aromatic N) is 5. The molecule has 0 saturated heterocycles. The van der Waals surface area contributed by atoms with Crippen molar-refractivity contribution < 1.29 is 4.74 Å². The Bertz CT molecular complexity index is 394. The van der Waals surface area contributed by atoms with E-state index in [1.807, 2.05) is 6.92 Å². The Hall–Kier alpha value is -2.14. The molecule has 0 fully saturated rings. The van der Waals surface area contributed by atoms with Gasteiger partial charge in [-0.15, -0.1) is 0 Å². The van der Waals surface area contributed by atoms with Gasteiger partial charge in [0, 0.05) is 13.6 Å². The lowest BCUT2D eigenvalue weighted by Crippen LogP contribution is -2.26. The SMILES string of the molecule is COc1nc(NN)nc(N(C)CC(C)C#N)n1. The van der Waals surface area contributed by atoms with Crippen LogP contribution in [0.3, 0.4) is 0 Å². The number of rotatable bonds is 5. The van der Waals surface area contributed by atoms with Crippen LogP contribution in [-0.2, 0) is 0 Å². The Morgan fingerprint density at radius 2 is 2.24 bits per heavy atom. The van der Waals surface area contributed by atoms with E-state index >= 15 is 0 Å². The predicted molar refractivity (Wildman–Crippen MR) is 62.2 cm³/mol. The maximum Gasteiger partial charge on any atom is 0.322 e. The molecule has 0 radical (unpaired) electrons. The molecule has 0 saturated carbocycles. The van der Waals surface area contributed by atoms with Gasteiger partial charge in [0.15, 0.2) is 0 Å². The smallest absolute Gasteiger partial charge is 0.322 e. The van der Waals surface area contributed by atoms with Gasteiger partial charge in [0.25, 0.3) is 0 Å². The lowest BCUT2D eigenvalue weighted by molar-refractivity contribution is 0.378. The predicted octanol–water partition coefficient (Wildman–Crippen LogP) is -0.238. The van der Waals surface area contributed by atoms with Crippen LogP contribution < -0.4 is 20.9 Å². The van der Waals surface area contributed by atoms with Crippen molar-refractivity contribution in [2.24, 2.45) is 11.8 Å². The summed E-state index contributed by atoms with van der Waals surface area (Å²) in [7, 11) is 3.24. The summed E-state index contributed by atoms with van der Waals surface area (Å²) in [5, 5.41) is 8.75. The molecule has 0 aromatic carbocycles. The van der Waals surface area contributed by atoms with Crippen LogP contribution in [0.15, 0.2) is 0 Å². The summed E-state index contributed by atoms with van der Waals surface area (Å²) in [4.78, 5) is 13.7. The molecule has 1 aromatic rings. The molecule has 0 amide bonds. The van der Waals surface area contributed by atoms with Crippen LogP contribution in [0.5, 0.6) is 6.01 Å². The zero-order chi connectivity index (χ0) is 12.8. The Morgan fingerprint density at radius 1 is 1.53 bits per heavy atom. The topological polar surface area (TPSA) is 113 Å². The second-order valence-corrected chi connectivity index (χ2v) is 3.50. The average Bonchev–Trinajstić information content (AvgIpc) is 2.37. The van der Waals surface area contributed by atoms with Crippen LogP contribution in [0.2, 0.25) is 0 Å². The van der Waals surface area contributed by atoms with Crippen molar-refractivity contribution in [3.8, 4) is 12.1 Å². The van der Waals surface area contributed by atoms with Crippen molar-refractivity contribution in [1.29, 1.82) is 5.26 Å². The Labute approximate surface area is 99.4 Å². The number of nitriles is 1. The molecule has 0 bridgehead atoms. The molecule has 8 heteroatoms. The molecule has 1 aromatic heterocycles. The number of methoxy groups -OCH3 is 1. The number of hydrogen-bond acceptors (Lipinski definition) is 8. The van der Waals surface area contributed by atoms with E-state index in [4.69, 9.17) is 15.8 Å². The number of anilines is 2. The first kappa shape index (κ1) is 12.9. The molecule has 92 valence electrons. The van der Waals surface area contributed by atoms with Gasteiger partial charge in [-0.3, -0.25) is 5.43 Å². The van der Waals surface area contributed by atoms with E-state index in [2.05, 4.69) is 26.4 Å². The third kappa shape index (κ3) is 3.42. The van der Waals surface area contributed by atoms with Gasteiger partial charge in [0.2, 0.25) is 11.9 Å². The van der Waals surface area contributed by atoms with E-state index in [1.54, 1.807) is 11.9 Å². The normalized spacial score (nSPS) is 11.5. The fraction of sp³-hybridized carbons (Fsp3) is 0.556. The summed E-state index contributed by atoms with van der Waals surface area (Å²) in [5.74, 6) is 5.72. The summed E-state index contributed by atoms with van der Waals surface area (Å²) < 4.78 is 4.93. The van der Waals surface area contributed by atoms with E-state index in [9.17, 15) is 0 Å². The number of hydrogen-bond donors (Lipinski definition) is 2. The fourth-order valence-corrected chi connectivity index (χ4v) is 1.21. The summed E-state index contributed by atoms with van der Waals surface area (Å²) in [6, 6.07) is 2.30. The maximum atomic E-state index is 8.75. The standard InChI is InChI=1S/C9H15N7O/c1-6(4-10)5-16(2)8-12-7(15-11)13-9(14-8)17-3/h6H,5,11H2,1-3H3,(H,12,13,14,15). The highest BCUT2D eigenvalue weighted by atomic mass is 16.5. The molecule has 0 aliphatic carbocycles. The number of aromatic nitrogens is 3. The second-order valence-electron chi connectivity index (χ2n) is 3.50. The maximum absolute atomic E-state index is 8.75. The number of nitrogens with one attached hydrogen (secondary N) is 1. The van der Waals surface area contributed by atoms with Gasteiger partial charge in [-0.05, 0) is 6.92 Å². The fourth-order valence-electron chi connectivity index (χ4n) is 1.21.